The molecular weight excluding hydrogens is 239 g/mol. The number of imidazole rings is 1. The first-order chi connectivity index (χ1) is 7.06. The zero-order valence-electron chi connectivity index (χ0n) is 7.34. The molecule has 0 radical (unpaired) electrons. The van der Waals surface area contributed by atoms with E-state index in [1.165, 1.54) is 0 Å². The maximum Gasteiger partial charge on any atom is 0.326 e. The van der Waals surface area contributed by atoms with Gasteiger partial charge in [-0.1, -0.05) is 23.2 Å². The maximum absolute atomic E-state index is 10.9. The van der Waals surface area contributed by atoms with Crippen molar-refractivity contribution in [3.05, 3.63) is 38.7 Å². The van der Waals surface area contributed by atoms with E-state index in [-0.39, 0.29) is 11.6 Å². The largest absolute Gasteiger partial charge is 0.493 e. The van der Waals surface area contributed by atoms with E-state index in [4.69, 9.17) is 23.2 Å². The van der Waals surface area contributed by atoms with Gasteiger partial charge in [-0.05, 0) is 18.2 Å². The van der Waals surface area contributed by atoms with Crippen LogP contribution in [0.4, 0.5) is 0 Å². The molecule has 0 amide bonds. The molecule has 0 aliphatic rings. The lowest BCUT2D eigenvalue weighted by Gasteiger charge is -2.00. The number of aromatic nitrogens is 2. The molecule has 1 aromatic carbocycles. The van der Waals surface area contributed by atoms with Gasteiger partial charge in [-0.25, -0.2) is 4.79 Å². The van der Waals surface area contributed by atoms with Crippen molar-refractivity contribution < 1.29 is 5.11 Å². The fourth-order valence-electron chi connectivity index (χ4n) is 1.28. The molecule has 0 aliphatic heterocycles. The van der Waals surface area contributed by atoms with Crippen LogP contribution in [0, 0.1) is 0 Å². The Hall–Kier alpha value is -1.39. The summed E-state index contributed by atoms with van der Waals surface area (Å²) in [5.41, 5.74) is 0.325. The van der Waals surface area contributed by atoms with Gasteiger partial charge in [0.1, 0.15) is 5.69 Å². The summed E-state index contributed by atoms with van der Waals surface area (Å²) in [6, 6.07) is 4.74. The number of aromatic hydroxyl groups is 1. The van der Waals surface area contributed by atoms with Crippen molar-refractivity contribution in [1.29, 1.82) is 0 Å². The highest BCUT2D eigenvalue weighted by atomic mass is 35.5. The van der Waals surface area contributed by atoms with Gasteiger partial charge in [0.05, 0.1) is 0 Å². The Morgan fingerprint density at radius 3 is 2.13 bits per heavy atom. The summed E-state index contributed by atoms with van der Waals surface area (Å²) in [5, 5.41) is 10.3. The number of H-pyrrole nitrogens is 2. The van der Waals surface area contributed by atoms with Gasteiger partial charge in [0, 0.05) is 15.6 Å². The molecule has 0 unspecified atom stereocenters. The molecule has 4 nitrogen and oxygen atoms in total. The molecule has 15 heavy (non-hydrogen) atoms. The number of aromatic amines is 2. The molecule has 3 N–H and O–H groups in total. The minimum Gasteiger partial charge on any atom is -0.493 e. The molecule has 0 saturated carbocycles. The Bertz CT molecular complexity index is 539. The molecule has 1 heterocycles. The van der Waals surface area contributed by atoms with E-state index < -0.39 is 5.69 Å². The zero-order valence-corrected chi connectivity index (χ0v) is 8.86. The number of hydrogen-bond acceptors (Lipinski definition) is 2. The second-order valence-electron chi connectivity index (χ2n) is 2.96. The van der Waals surface area contributed by atoms with Crippen molar-refractivity contribution in [2.45, 2.75) is 0 Å². The third-order valence-electron chi connectivity index (χ3n) is 1.86. The van der Waals surface area contributed by atoms with Crippen LogP contribution < -0.4 is 5.69 Å². The Balaban J connectivity index is 2.63. The third-order valence-corrected chi connectivity index (χ3v) is 2.29. The lowest BCUT2D eigenvalue weighted by molar-refractivity contribution is 0.457. The van der Waals surface area contributed by atoms with Gasteiger partial charge < -0.3 is 10.1 Å². The van der Waals surface area contributed by atoms with Crippen molar-refractivity contribution in [3.8, 4) is 17.1 Å². The summed E-state index contributed by atoms with van der Waals surface area (Å²) >= 11 is 11.6. The Morgan fingerprint density at radius 1 is 1.07 bits per heavy atom. The fourth-order valence-corrected chi connectivity index (χ4v) is 1.81. The van der Waals surface area contributed by atoms with Crippen molar-refractivity contribution >= 4 is 23.2 Å². The van der Waals surface area contributed by atoms with Crippen molar-refractivity contribution in [2.24, 2.45) is 0 Å². The predicted octanol–water partition coefficient (Wildman–Crippen LogP) is 2.38. The summed E-state index contributed by atoms with van der Waals surface area (Å²) in [7, 11) is 0. The number of hydrogen-bond donors (Lipinski definition) is 3. The molecule has 2 rings (SSSR count). The van der Waals surface area contributed by atoms with Crippen LogP contribution in [0.3, 0.4) is 0 Å². The third kappa shape index (κ3) is 2.00. The second kappa shape index (κ2) is 3.64. The van der Waals surface area contributed by atoms with E-state index in [1.807, 2.05) is 0 Å². The molecule has 78 valence electrons. The van der Waals surface area contributed by atoms with Crippen LogP contribution in [0.25, 0.3) is 11.3 Å². The molecule has 0 fully saturated rings. The summed E-state index contributed by atoms with van der Waals surface area (Å²) in [6.45, 7) is 0. The summed E-state index contributed by atoms with van der Waals surface area (Å²) in [5.74, 6) is -0.238. The first kappa shape index (κ1) is 10.1. The normalized spacial score (nSPS) is 10.5. The maximum atomic E-state index is 10.9. The molecule has 0 bridgehead atoms. The lowest BCUT2D eigenvalue weighted by atomic mass is 10.2. The van der Waals surface area contributed by atoms with Crippen LogP contribution in [0.1, 0.15) is 0 Å². The summed E-state index contributed by atoms with van der Waals surface area (Å²) in [4.78, 5) is 15.6. The number of rotatable bonds is 1. The number of benzene rings is 1. The average Bonchev–Trinajstić information content (AvgIpc) is 2.43. The van der Waals surface area contributed by atoms with Gasteiger partial charge in [-0.3, -0.25) is 4.98 Å². The molecule has 0 spiro atoms. The Kier molecular flexibility index (Phi) is 2.46. The van der Waals surface area contributed by atoms with E-state index >= 15 is 0 Å². The van der Waals surface area contributed by atoms with Crippen molar-refractivity contribution in [3.63, 3.8) is 0 Å². The van der Waals surface area contributed by atoms with Gasteiger partial charge in [-0.15, -0.1) is 0 Å². The molecule has 6 heteroatoms. The molecular formula is C9H6Cl2N2O2. The Morgan fingerprint density at radius 2 is 1.67 bits per heavy atom. The van der Waals surface area contributed by atoms with E-state index in [0.29, 0.717) is 15.6 Å². The van der Waals surface area contributed by atoms with Crippen LogP contribution >= 0.6 is 23.2 Å². The second-order valence-corrected chi connectivity index (χ2v) is 3.83. The molecule has 1 aromatic heterocycles. The molecule has 2 aromatic rings. The van der Waals surface area contributed by atoms with Crippen LogP contribution in [-0.2, 0) is 0 Å². The topological polar surface area (TPSA) is 68.9 Å². The van der Waals surface area contributed by atoms with E-state index in [2.05, 4.69) is 9.97 Å². The monoisotopic (exact) mass is 244 g/mol. The highest BCUT2D eigenvalue weighted by Crippen LogP contribution is 2.29. The van der Waals surface area contributed by atoms with Gasteiger partial charge in [0.15, 0.2) is 0 Å². The zero-order chi connectivity index (χ0) is 11.0. The van der Waals surface area contributed by atoms with Crippen molar-refractivity contribution in [2.75, 3.05) is 0 Å². The predicted molar refractivity (Wildman–Crippen MR) is 58.5 cm³/mol. The van der Waals surface area contributed by atoms with Crippen LogP contribution in [0.15, 0.2) is 23.0 Å². The highest BCUT2D eigenvalue weighted by molar-refractivity contribution is 6.35. The molecule has 0 aliphatic carbocycles. The summed E-state index contributed by atoms with van der Waals surface area (Å²) < 4.78 is 0. The smallest absolute Gasteiger partial charge is 0.326 e. The molecule has 0 atom stereocenters. The van der Waals surface area contributed by atoms with Crippen LogP contribution in [0.2, 0.25) is 10.0 Å². The first-order valence-electron chi connectivity index (χ1n) is 4.04. The molecule has 0 saturated heterocycles. The quantitative estimate of drug-likeness (QED) is 0.721. The number of halogens is 2. The van der Waals surface area contributed by atoms with Gasteiger partial charge in [0.2, 0.25) is 5.88 Å². The van der Waals surface area contributed by atoms with E-state index in [0.717, 1.165) is 0 Å². The highest BCUT2D eigenvalue weighted by Gasteiger charge is 2.09. The van der Waals surface area contributed by atoms with Gasteiger partial charge in [-0.2, -0.15) is 0 Å². The average molecular weight is 245 g/mol. The van der Waals surface area contributed by atoms with Crippen LogP contribution in [-0.4, -0.2) is 15.1 Å². The lowest BCUT2D eigenvalue weighted by Crippen LogP contribution is -2.00. The van der Waals surface area contributed by atoms with Crippen molar-refractivity contribution in [1.82, 2.24) is 9.97 Å². The number of nitrogens with one attached hydrogen (secondary N) is 2. The first-order valence-corrected chi connectivity index (χ1v) is 4.79. The minimum absolute atomic E-state index is 0.238. The van der Waals surface area contributed by atoms with E-state index in [9.17, 15) is 9.90 Å². The minimum atomic E-state index is -0.487. The van der Waals surface area contributed by atoms with Gasteiger partial charge in [0.25, 0.3) is 0 Å². The van der Waals surface area contributed by atoms with Crippen LogP contribution in [0.5, 0.6) is 5.88 Å². The van der Waals surface area contributed by atoms with Gasteiger partial charge >= 0.3 is 5.69 Å². The Labute approximate surface area is 94.5 Å². The summed E-state index contributed by atoms with van der Waals surface area (Å²) in [6.07, 6.45) is 0. The SMILES string of the molecule is O=c1[nH]c(O)c(-c2cc(Cl)cc(Cl)c2)[nH]1. The standard InChI is InChI=1S/C9H6Cl2N2O2/c10-5-1-4(2-6(11)3-5)7-8(14)13-9(15)12-7/h1-3,14H,(H2,12,13,15). The van der Waals surface area contributed by atoms with E-state index in [1.54, 1.807) is 18.2 Å². The fraction of sp³-hybridized carbons (Fsp3) is 0.